The van der Waals surface area contributed by atoms with E-state index in [9.17, 15) is 5.11 Å². The van der Waals surface area contributed by atoms with Gasteiger partial charge in [0.2, 0.25) is 0 Å². The van der Waals surface area contributed by atoms with Gasteiger partial charge in [-0.15, -0.1) is 0 Å². The molecule has 1 radical (unpaired) electrons. The quantitative estimate of drug-likeness (QED) is 0.793. The van der Waals surface area contributed by atoms with E-state index in [4.69, 9.17) is 9.47 Å². The summed E-state index contributed by atoms with van der Waals surface area (Å²) in [5, 5.41) is 9.46. The van der Waals surface area contributed by atoms with Gasteiger partial charge in [-0.05, 0) is 19.9 Å². The summed E-state index contributed by atoms with van der Waals surface area (Å²) in [5.74, 6) is 1.15. The summed E-state index contributed by atoms with van der Waals surface area (Å²) >= 11 is 0. The number of para-hydroxylation sites is 1. The lowest BCUT2D eigenvalue weighted by Gasteiger charge is -2.18. The predicted molar refractivity (Wildman–Crippen MR) is 53.6 cm³/mol. The number of rotatable bonds is 4. The molecule has 0 saturated heterocycles. The van der Waals surface area contributed by atoms with E-state index in [1.165, 1.54) is 0 Å². The molecule has 0 heterocycles. The Hall–Kier alpha value is -1.22. The standard InChI is InChI=1S/C11H15O3/c1-11(2,12)8-14-10-7-5-4-6-9(10)13-3/h4-6,12H,8H2,1-3H3. The summed E-state index contributed by atoms with van der Waals surface area (Å²) in [6.45, 7) is 3.58. The summed E-state index contributed by atoms with van der Waals surface area (Å²) in [6, 6.07) is 8.24. The van der Waals surface area contributed by atoms with Crippen molar-refractivity contribution in [1.82, 2.24) is 0 Å². The van der Waals surface area contributed by atoms with Gasteiger partial charge in [-0.3, -0.25) is 0 Å². The van der Waals surface area contributed by atoms with Crippen molar-refractivity contribution < 1.29 is 14.6 Å². The highest BCUT2D eigenvalue weighted by Gasteiger charge is 2.14. The first kappa shape index (κ1) is 10.9. The maximum atomic E-state index is 9.46. The minimum atomic E-state index is -0.852. The zero-order valence-corrected chi connectivity index (χ0v) is 8.70. The Balaban J connectivity index is 2.67. The minimum absolute atomic E-state index is 0.212. The molecule has 1 rings (SSSR count). The average Bonchev–Trinajstić information content (AvgIpc) is 2.14. The van der Waals surface area contributed by atoms with Gasteiger partial charge in [0.1, 0.15) is 6.61 Å². The first-order valence-corrected chi connectivity index (χ1v) is 4.43. The first-order valence-electron chi connectivity index (χ1n) is 4.43. The topological polar surface area (TPSA) is 38.7 Å². The van der Waals surface area contributed by atoms with Crippen LogP contribution in [0.5, 0.6) is 11.5 Å². The SMILES string of the molecule is COc1ccc[c]c1OCC(C)(C)O. The highest BCUT2D eigenvalue weighted by molar-refractivity contribution is 5.38. The van der Waals surface area contributed by atoms with Gasteiger partial charge in [-0.2, -0.15) is 0 Å². The maximum absolute atomic E-state index is 9.46. The molecule has 0 amide bonds. The van der Waals surface area contributed by atoms with E-state index < -0.39 is 5.60 Å². The molecule has 3 heteroatoms. The Morgan fingerprint density at radius 2 is 2.21 bits per heavy atom. The monoisotopic (exact) mass is 195 g/mol. The van der Waals surface area contributed by atoms with Crippen LogP contribution in [0.1, 0.15) is 13.8 Å². The third-order valence-corrected chi connectivity index (χ3v) is 1.57. The van der Waals surface area contributed by atoms with Crippen LogP contribution >= 0.6 is 0 Å². The van der Waals surface area contributed by atoms with E-state index in [0.717, 1.165) is 0 Å². The fraction of sp³-hybridized carbons (Fsp3) is 0.455. The molecule has 1 aromatic carbocycles. The third kappa shape index (κ3) is 3.26. The molecule has 1 N–H and O–H groups in total. The summed E-state index contributed by atoms with van der Waals surface area (Å²) in [4.78, 5) is 0. The van der Waals surface area contributed by atoms with Crippen molar-refractivity contribution in [3.05, 3.63) is 24.3 Å². The molecule has 0 bridgehead atoms. The van der Waals surface area contributed by atoms with Crippen LogP contribution < -0.4 is 9.47 Å². The molecule has 1 aromatic rings. The molecular formula is C11H15O3. The fourth-order valence-electron chi connectivity index (χ4n) is 0.928. The fourth-order valence-corrected chi connectivity index (χ4v) is 0.928. The maximum Gasteiger partial charge on any atom is 0.169 e. The zero-order valence-electron chi connectivity index (χ0n) is 8.70. The Morgan fingerprint density at radius 1 is 1.50 bits per heavy atom. The lowest BCUT2D eigenvalue weighted by atomic mass is 10.2. The molecule has 0 aliphatic heterocycles. The number of ether oxygens (including phenoxy) is 2. The van der Waals surface area contributed by atoms with Crippen LogP contribution in [-0.2, 0) is 0 Å². The second-order valence-electron chi connectivity index (χ2n) is 3.67. The van der Waals surface area contributed by atoms with Crippen molar-refractivity contribution >= 4 is 0 Å². The van der Waals surface area contributed by atoms with Crippen LogP contribution in [0.15, 0.2) is 18.2 Å². The van der Waals surface area contributed by atoms with Crippen molar-refractivity contribution in [3.8, 4) is 11.5 Å². The van der Waals surface area contributed by atoms with Gasteiger partial charge in [-0.1, -0.05) is 12.1 Å². The van der Waals surface area contributed by atoms with E-state index in [2.05, 4.69) is 6.07 Å². The second-order valence-corrected chi connectivity index (χ2v) is 3.67. The van der Waals surface area contributed by atoms with E-state index in [0.29, 0.717) is 11.5 Å². The summed E-state index contributed by atoms with van der Waals surface area (Å²) in [5.41, 5.74) is -0.852. The van der Waals surface area contributed by atoms with Crippen LogP contribution in [0, 0.1) is 6.07 Å². The summed E-state index contributed by atoms with van der Waals surface area (Å²) < 4.78 is 10.4. The Morgan fingerprint density at radius 3 is 2.79 bits per heavy atom. The molecule has 77 valence electrons. The molecule has 0 unspecified atom stereocenters. The molecular weight excluding hydrogens is 180 g/mol. The Kier molecular flexibility index (Phi) is 3.36. The number of benzene rings is 1. The van der Waals surface area contributed by atoms with E-state index in [1.807, 2.05) is 6.07 Å². The number of aliphatic hydroxyl groups is 1. The van der Waals surface area contributed by atoms with Crippen LogP contribution in [0.3, 0.4) is 0 Å². The Labute approximate surface area is 84.3 Å². The van der Waals surface area contributed by atoms with Gasteiger partial charge in [0.25, 0.3) is 0 Å². The van der Waals surface area contributed by atoms with Crippen LogP contribution in [-0.4, -0.2) is 24.4 Å². The smallest absolute Gasteiger partial charge is 0.169 e. The van der Waals surface area contributed by atoms with Gasteiger partial charge in [0.15, 0.2) is 11.5 Å². The molecule has 0 spiro atoms. The molecule has 0 aromatic heterocycles. The highest BCUT2D eigenvalue weighted by atomic mass is 16.5. The van der Waals surface area contributed by atoms with Crippen molar-refractivity contribution in [2.24, 2.45) is 0 Å². The van der Waals surface area contributed by atoms with Gasteiger partial charge < -0.3 is 14.6 Å². The molecule has 0 atom stereocenters. The van der Waals surface area contributed by atoms with Gasteiger partial charge in [-0.25, -0.2) is 0 Å². The van der Waals surface area contributed by atoms with Crippen LogP contribution in [0.25, 0.3) is 0 Å². The van der Waals surface area contributed by atoms with E-state index in [-0.39, 0.29) is 6.61 Å². The van der Waals surface area contributed by atoms with Crippen molar-refractivity contribution in [2.45, 2.75) is 19.4 Å². The first-order chi connectivity index (χ1) is 6.53. The third-order valence-electron chi connectivity index (χ3n) is 1.57. The van der Waals surface area contributed by atoms with Gasteiger partial charge in [0.05, 0.1) is 12.7 Å². The molecule has 0 aliphatic carbocycles. The highest BCUT2D eigenvalue weighted by Crippen LogP contribution is 2.25. The van der Waals surface area contributed by atoms with Gasteiger partial charge >= 0.3 is 0 Å². The number of hydrogen-bond donors (Lipinski definition) is 1. The molecule has 14 heavy (non-hydrogen) atoms. The van der Waals surface area contributed by atoms with Crippen molar-refractivity contribution in [1.29, 1.82) is 0 Å². The lowest BCUT2D eigenvalue weighted by molar-refractivity contribution is 0.0275. The molecule has 0 saturated carbocycles. The minimum Gasteiger partial charge on any atom is -0.493 e. The zero-order chi connectivity index (χ0) is 10.6. The second kappa shape index (κ2) is 4.33. The van der Waals surface area contributed by atoms with Crippen LogP contribution in [0.2, 0.25) is 0 Å². The lowest BCUT2D eigenvalue weighted by Crippen LogP contribution is -2.27. The largest absolute Gasteiger partial charge is 0.493 e. The van der Waals surface area contributed by atoms with Crippen molar-refractivity contribution in [2.75, 3.05) is 13.7 Å². The van der Waals surface area contributed by atoms with E-state index in [1.54, 1.807) is 33.1 Å². The van der Waals surface area contributed by atoms with Crippen molar-refractivity contribution in [3.63, 3.8) is 0 Å². The van der Waals surface area contributed by atoms with Crippen LogP contribution in [0.4, 0.5) is 0 Å². The Bertz CT molecular complexity index is 289. The molecule has 0 aliphatic rings. The average molecular weight is 195 g/mol. The molecule has 0 fully saturated rings. The number of methoxy groups -OCH3 is 1. The summed E-state index contributed by atoms with van der Waals surface area (Å²) in [6.07, 6.45) is 0. The summed E-state index contributed by atoms with van der Waals surface area (Å²) in [7, 11) is 1.57. The molecule has 3 nitrogen and oxygen atoms in total. The predicted octanol–water partition coefficient (Wildman–Crippen LogP) is 1.65. The normalized spacial score (nSPS) is 11.1. The van der Waals surface area contributed by atoms with Gasteiger partial charge in [0, 0.05) is 6.07 Å². The van der Waals surface area contributed by atoms with E-state index >= 15 is 0 Å². The number of hydrogen-bond acceptors (Lipinski definition) is 3.